The zero-order valence-electron chi connectivity index (χ0n) is 20.9. The molecule has 8 heteroatoms. The largest absolute Gasteiger partial charge is 0.508 e. The number of allylic oxidation sites excluding steroid dienone is 3. The number of carbonyl (C=O) groups is 1. The Balaban J connectivity index is 2.35. The minimum Gasteiger partial charge on any atom is -0.508 e. The van der Waals surface area contributed by atoms with Gasteiger partial charge in [-0.05, 0) is 47.5 Å². The predicted octanol–water partition coefficient (Wildman–Crippen LogP) is 4.84. The molecule has 36 heavy (non-hydrogen) atoms. The molecular weight excluding hydrogens is 464 g/mol. The summed E-state index contributed by atoms with van der Waals surface area (Å²) in [5.41, 5.74) is 2.08. The second kappa shape index (κ2) is 14.4. The number of benzene rings is 2. The van der Waals surface area contributed by atoms with Crippen LogP contribution in [-0.2, 0) is 20.9 Å². The summed E-state index contributed by atoms with van der Waals surface area (Å²) in [6.07, 6.45) is 5.96. The molecule has 0 amide bonds. The first-order valence-electron chi connectivity index (χ1n) is 11.0. The molecule has 0 aliphatic rings. The van der Waals surface area contributed by atoms with Crippen LogP contribution in [0.25, 0.3) is 12.2 Å². The molecule has 0 atom stereocenters. The first kappa shape index (κ1) is 28.2. The molecule has 0 aromatic heterocycles. The average Bonchev–Trinajstić information content (AvgIpc) is 2.91. The summed E-state index contributed by atoms with van der Waals surface area (Å²) in [6, 6.07) is 10.4. The van der Waals surface area contributed by atoms with E-state index in [-0.39, 0.29) is 36.9 Å². The molecule has 2 rings (SSSR count). The molecule has 0 bridgehead atoms. The topological polar surface area (TPSA) is 104 Å². The maximum atomic E-state index is 13.1. The number of ether oxygens (including phenoxy) is 5. The fraction of sp³-hybridized carbons (Fsp3) is 0.250. The van der Waals surface area contributed by atoms with E-state index >= 15 is 0 Å². The zero-order valence-corrected chi connectivity index (χ0v) is 20.9. The van der Waals surface area contributed by atoms with Crippen LogP contribution in [0.3, 0.4) is 0 Å². The second-order valence-corrected chi connectivity index (χ2v) is 7.50. The molecule has 8 nitrogen and oxygen atoms in total. The van der Waals surface area contributed by atoms with E-state index in [1.54, 1.807) is 55.7 Å². The van der Waals surface area contributed by atoms with Crippen LogP contribution >= 0.6 is 0 Å². The Kier molecular flexibility index (Phi) is 11.3. The Morgan fingerprint density at radius 1 is 0.889 bits per heavy atom. The van der Waals surface area contributed by atoms with Gasteiger partial charge in [-0.3, -0.25) is 4.79 Å². The number of ketones is 1. The monoisotopic (exact) mass is 496 g/mol. The van der Waals surface area contributed by atoms with Crippen LogP contribution in [0.15, 0.2) is 72.2 Å². The van der Waals surface area contributed by atoms with Crippen molar-refractivity contribution in [3.05, 3.63) is 88.9 Å². The first-order valence-corrected chi connectivity index (χ1v) is 11.0. The van der Waals surface area contributed by atoms with Crippen LogP contribution in [0.2, 0.25) is 0 Å². The van der Waals surface area contributed by atoms with Gasteiger partial charge in [0.25, 0.3) is 0 Å². The van der Waals surface area contributed by atoms with Crippen molar-refractivity contribution in [3.8, 4) is 17.2 Å². The van der Waals surface area contributed by atoms with Crippen molar-refractivity contribution < 1.29 is 38.7 Å². The van der Waals surface area contributed by atoms with Crippen molar-refractivity contribution in [1.29, 1.82) is 0 Å². The van der Waals surface area contributed by atoms with Gasteiger partial charge in [0.2, 0.25) is 0 Å². The zero-order chi connectivity index (χ0) is 26.5. The standard InChI is InChI=1S/C28H32O8/c1-19(36-18-32-2)14-23(24(30)10-6-20-8-12-26(33-3)22(15-20)17-29)25(31)11-7-21-9-13-27(34-4)28(16-21)35-5/h6-13,15-16,29,31H,1,14,17-18H2,2-5H3/b10-6+,11-7+,25-23-. The van der Waals surface area contributed by atoms with Crippen molar-refractivity contribution >= 4 is 17.9 Å². The quantitative estimate of drug-likeness (QED) is 0.166. The van der Waals surface area contributed by atoms with Crippen LogP contribution in [0.5, 0.6) is 17.2 Å². The molecule has 2 aromatic rings. The van der Waals surface area contributed by atoms with Crippen molar-refractivity contribution in [3.63, 3.8) is 0 Å². The third-order valence-corrected chi connectivity index (χ3v) is 5.10. The van der Waals surface area contributed by atoms with Gasteiger partial charge in [-0.15, -0.1) is 0 Å². The second-order valence-electron chi connectivity index (χ2n) is 7.50. The van der Waals surface area contributed by atoms with E-state index in [4.69, 9.17) is 23.7 Å². The van der Waals surface area contributed by atoms with Crippen molar-refractivity contribution in [2.24, 2.45) is 0 Å². The maximum absolute atomic E-state index is 13.1. The lowest BCUT2D eigenvalue weighted by Gasteiger charge is -2.11. The summed E-state index contributed by atoms with van der Waals surface area (Å²) in [5, 5.41) is 20.3. The van der Waals surface area contributed by atoms with E-state index in [0.717, 1.165) is 5.56 Å². The predicted molar refractivity (Wildman–Crippen MR) is 138 cm³/mol. The summed E-state index contributed by atoms with van der Waals surface area (Å²) in [5.74, 6) is 1.23. The minimum atomic E-state index is -0.437. The molecule has 2 aromatic carbocycles. The average molecular weight is 497 g/mol. The van der Waals surface area contributed by atoms with Crippen molar-refractivity contribution in [2.75, 3.05) is 35.2 Å². The molecule has 0 fully saturated rings. The summed E-state index contributed by atoms with van der Waals surface area (Å²) in [7, 11) is 6.06. The van der Waals surface area contributed by atoms with E-state index < -0.39 is 5.78 Å². The summed E-state index contributed by atoms with van der Waals surface area (Å²) < 4.78 is 26.0. The molecule has 0 spiro atoms. The molecule has 2 N–H and O–H groups in total. The van der Waals surface area contributed by atoms with Gasteiger partial charge >= 0.3 is 0 Å². The van der Waals surface area contributed by atoms with E-state index in [1.165, 1.54) is 33.5 Å². The molecule has 0 radical (unpaired) electrons. The van der Waals surface area contributed by atoms with Gasteiger partial charge in [0.05, 0.1) is 33.7 Å². The number of rotatable bonds is 14. The lowest BCUT2D eigenvalue weighted by Crippen LogP contribution is -2.06. The van der Waals surface area contributed by atoms with Crippen LogP contribution in [0.1, 0.15) is 23.1 Å². The highest BCUT2D eigenvalue weighted by Crippen LogP contribution is 2.28. The van der Waals surface area contributed by atoms with Gasteiger partial charge in [0, 0.05) is 24.7 Å². The lowest BCUT2D eigenvalue weighted by molar-refractivity contribution is -0.111. The molecule has 0 saturated heterocycles. The van der Waals surface area contributed by atoms with E-state index in [1.807, 2.05) is 0 Å². The Labute approximate surface area is 211 Å². The lowest BCUT2D eigenvalue weighted by atomic mass is 10.0. The number of methoxy groups -OCH3 is 4. The molecular formula is C28H32O8. The number of hydrogen-bond acceptors (Lipinski definition) is 8. The molecule has 0 saturated carbocycles. The minimum absolute atomic E-state index is 0.0286. The normalized spacial score (nSPS) is 11.9. The Morgan fingerprint density at radius 3 is 2.11 bits per heavy atom. The number of aliphatic hydroxyl groups excluding tert-OH is 2. The first-order chi connectivity index (χ1) is 17.4. The molecule has 0 aliphatic heterocycles. The van der Waals surface area contributed by atoms with Gasteiger partial charge < -0.3 is 33.9 Å². The fourth-order valence-electron chi connectivity index (χ4n) is 3.22. The number of aliphatic hydroxyl groups is 2. The van der Waals surface area contributed by atoms with Gasteiger partial charge in [-0.2, -0.15) is 0 Å². The third-order valence-electron chi connectivity index (χ3n) is 5.10. The van der Waals surface area contributed by atoms with Gasteiger partial charge in [0.15, 0.2) is 24.1 Å². The van der Waals surface area contributed by atoms with Gasteiger partial charge in [0.1, 0.15) is 11.5 Å². The molecule has 0 heterocycles. The number of carbonyl (C=O) groups excluding carboxylic acids is 1. The summed E-state index contributed by atoms with van der Waals surface area (Å²) in [6.45, 7) is 3.56. The highest BCUT2D eigenvalue weighted by atomic mass is 16.7. The van der Waals surface area contributed by atoms with E-state index in [9.17, 15) is 15.0 Å². The molecule has 0 unspecified atom stereocenters. The third kappa shape index (κ3) is 8.04. The number of hydrogen-bond donors (Lipinski definition) is 2. The van der Waals surface area contributed by atoms with E-state index in [0.29, 0.717) is 28.4 Å². The van der Waals surface area contributed by atoms with Crippen LogP contribution in [0, 0.1) is 0 Å². The molecule has 192 valence electrons. The Hall–Kier alpha value is -4.01. The van der Waals surface area contributed by atoms with Crippen LogP contribution < -0.4 is 14.2 Å². The highest BCUT2D eigenvalue weighted by molar-refractivity contribution is 6.07. The van der Waals surface area contributed by atoms with Crippen molar-refractivity contribution in [1.82, 2.24) is 0 Å². The van der Waals surface area contributed by atoms with Crippen molar-refractivity contribution in [2.45, 2.75) is 13.0 Å². The SMILES string of the molecule is C=C(C/C(C(=O)/C=C/c1ccc(OC)c(CO)c1)=C(O)\C=C\c1ccc(OC)c(OC)c1)OCOC. The smallest absolute Gasteiger partial charge is 0.188 e. The van der Waals surface area contributed by atoms with Crippen LogP contribution in [-0.4, -0.2) is 51.2 Å². The Bertz CT molecular complexity index is 1140. The Morgan fingerprint density at radius 2 is 1.50 bits per heavy atom. The maximum Gasteiger partial charge on any atom is 0.188 e. The van der Waals surface area contributed by atoms with Gasteiger partial charge in [-0.25, -0.2) is 0 Å². The van der Waals surface area contributed by atoms with Crippen LogP contribution in [0.4, 0.5) is 0 Å². The summed E-state index contributed by atoms with van der Waals surface area (Å²) >= 11 is 0. The van der Waals surface area contributed by atoms with Gasteiger partial charge in [-0.1, -0.05) is 30.9 Å². The highest BCUT2D eigenvalue weighted by Gasteiger charge is 2.15. The summed E-state index contributed by atoms with van der Waals surface area (Å²) in [4.78, 5) is 13.1. The fourth-order valence-corrected chi connectivity index (χ4v) is 3.22. The molecule has 0 aliphatic carbocycles. The van der Waals surface area contributed by atoms with E-state index in [2.05, 4.69) is 6.58 Å².